The van der Waals surface area contributed by atoms with Crippen LogP contribution in [0.4, 0.5) is 0 Å². The first-order chi connectivity index (χ1) is 8.09. The first-order valence-electron chi connectivity index (χ1n) is 6.17. The van der Waals surface area contributed by atoms with Crippen molar-refractivity contribution in [2.75, 3.05) is 0 Å². The Labute approximate surface area is 103 Å². The standard InChI is InChI=1S/C15H20N2/c1-11(2)15-12(3)16-17(13(15)4)10-14-8-6-5-7-9-14/h5-9,11H,10H2,1-4H3. The Balaban J connectivity index is 2.32. The summed E-state index contributed by atoms with van der Waals surface area (Å²) in [6.45, 7) is 9.58. The highest BCUT2D eigenvalue weighted by Gasteiger charge is 2.14. The third-order valence-corrected chi connectivity index (χ3v) is 3.19. The van der Waals surface area contributed by atoms with Crippen molar-refractivity contribution in [3.8, 4) is 0 Å². The van der Waals surface area contributed by atoms with E-state index in [9.17, 15) is 0 Å². The molecule has 0 aliphatic heterocycles. The van der Waals surface area contributed by atoms with Gasteiger partial charge in [-0.3, -0.25) is 4.68 Å². The summed E-state index contributed by atoms with van der Waals surface area (Å²) < 4.78 is 2.11. The fraction of sp³-hybridized carbons (Fsp3) is 0.400. The lowest BCUT2D eigenvalue weighted by Gasteiger charge is -2.07. The Bertz CT molecular complexity index is 495. The minimum Gasteiger partial charge on any atom is -0.265 e. The van der Waals surface area contributed by atoms with Crippen molar-refractivity contribution in [3.05, 3.63) is 52.8 Å². The molecular weight excluding hydrogens is 208 g/mol. The number of aryl methyl sites for hydroxylation is 1. The third kappa shape index (κ3) is 2.41. The van der Waals surface area contributed by atoms with Crippen LogP contribution in [0.15, 0.2) is 30.3 Å². The number of hydrogen-bond acceptors (Lipinski definition) is 1. The molecule has 0 amide bonds. The van der Waals surface area contributed by atoms with Crippen LogP contribution in [0.5, 0.6) is 0 Å². The molecule has 0 spiro atoms. The van der Waals surface area contributed by atoms with Crippen LogP contribution in [0.25, 0.3) is 0 Å². The first kappa shape index (κ1) is 11.9. The average Bonchev–Trinajstić information content (AvgIpc) is 2.55. The van der Waals surface area contributed by atoms with Crippen LogP contribution in [-0.4, -0.2) is 9.78 Å². The summed E-state index contributed by atoms with van der Waals surface area (Å²) in [6.07, 6.45) is 0. The maximum atomic E-state index is 4.64. The van der Waals surface area contributed by atoms with E-state index in [1.807, 2.05) is 6.07 Å². The Morgan fingerprint density at radius 1 is 1.12 bits per heavy atom. The molecule has 2 nitrogen and oxygen atoms in total. The van der Waals surface area contributed by atoms with Gasteiger partial charge >= 0.3 is 0 Å². The van der Waals surface area contributed by atoms with E-state index in [2.05, 4.69) is 61.7 Å². The third-order valence-electron chi connectivity index (χ3n) is 3.19. The van der Waals surface area contributed by atoms with Crippen molar-refractivity contribution in [1.29, 1.82) is 0 Å². The molecule has 1 aromatic heterocycles. The molecule has 90 valence electrons. The predicted molar refractivity (Wildman–Crippen MR) is 71.3 cm³/mol. The molecule has 1 aromatic carbocycles. The summed E-state index contributed by atoms with van der Waals surface area (Å²) in [4.78, 5) is 0. The molecule has 0 bridgehead atoms. The van der Waals surface area contributed by atoms with Gasteiger partial charge in [-0.2, -0.15) is 5.10 Å². The second kappa shape index (κ2) is 4.74. The lowest BCUT2D eigenvalue weighted by Crippen LogP contribution is -2.04. The van der Waals surface area contributed by atoms with Gasteiger partial charge in [0.25, 0.3) is 0 Å². The van der Waals surface area contributed by atoms with Crippen molar-refractivity contribution >= 4 is 0 Å². The molecule has 0 saturated heterocycles. The van der Waals surface area contributed by atoms with E-state index in [-0.39, 0.29) is 0 Å². The highest BCUT2D eigenvalue weighted by molar-refractivity contribution is 5.28. The van der Waals surface area contributed by atoms with E-state index in [4.69, 9.17) is 0 Å². The molecule has 0 saturated carbocycles. The van der Waals surface area contributed by atoms with E-state index in [0.717, 1.165) is 12.2 Å². The molecule has 2 rings (SSSR count). The fourth-order valence-electron chi connectivity index (χ4n) is 2.46. The summed E-state index contributed by atoms with van der Waals surface area (Å²) in [5.74, 6) is 0.541. The minimum atomic E-state index is 0.541. The molecule has 0 N–H and O–H groups in total. The molecule has 2 heteroatoms. The molecule has 2 aromatic rings. The van der Waals surface area contributed by atoms with Crippen LogP contribution < -0.4 is 0 Å². The van der Waals surface area contributed by atoms with Gasteiger partial charge in [0, 0.05) is 5.69 Å². The summed E-state index contributed by atoms with van der Waals surface area (Å²) in [5, 5.41) is 4.64. The van der Waals surface area contributed by atoms with Gasteiger partial charge in [0.2, 0.25) is 0 Å². The molecule has 1 heterocycles. The zero-order valence-corrected chi connectivity index (χ0v) is 11.1. The van der Waals surface area contributed by atoms with Gasteiger partial charge in [0.05, 0.1) is 12.2 Å². The van der Waals surface area contributed by atoms with Gasteiger partial charge in [0.1, 0.15) is 0 Å². The lowest BCUT2D eigenvalue weighted by atomic mass is 10.0. The second-order valence-electron chi connectivity index (χ2n) is 4.88. The summed E-state index contributed by atoms with van der Waals surface area (Å²) in [5.41, 5.74) is 5.14. The molecule has 0 radical (unpaired) electrons. The van der Waals surface area contributed by atoms with Gasteiger partial charge in [-0.25, -0.2) is 0 Å². The largest absolute Gasteiger partial charge is 0.265 e. The molecule has 0 atom stereocenters. The zero-order valence-electron chi connectivity index (χ0n) is 11.1. The maximum absolute atomic E-state index is 4.64. The number of aromatic nitrogens is 2. The Morgan fingerprint density at radius 2 is 1.76 bits per heavy atom. The summed E-state index contributed by atoms with van der Waals surface area (Å²) in [6, 6.07) is 10.5. The van der Waals surface area contributed by atoms with Crippen LogP contribution in [-0.2, 0) is 6.54 Å². The normalized spacial score (nSPS) is 11.1. The molecule has 0 fully saturated rings. The molecule has 0 aliphatic carbocycles. The van der Waals surface area contributed by atoms with Gasteiger partial charge in [-0.1, -0.05) is 44.2 Å². The summed E-state index contributed by atoms with van der Waals surface area (Å²) >= 11 is 0. The Hall–Kier alpha value is -1.57. The lowest BCUT2D eigenvalue weighted by molar-refractivity contribution is 0.657. The van der Waals surface area contributed by atoms with E-state index in [1.54, 1.807) is 0 Å². The van der Waals surface area contributed by atoms with Crippen LogP contribution in [0.1, 0.15) is 42.3 Å². The topological polar surface area (TPSA) is 17.8 Å². The van der Waals surface area contributed by atoms with Crippen molar-refractivity contribution in [2.24, 2.45) is 0 Å². The van der Waals surface area contributed by atoms with Crippen LogP contribution in [0, 0.1) is 13.8 Å². The van der Waals surface area contributed by atoms with E-state index >= 15 is 0 Å². The van der Waals surface area contributed by atoms with Crippen molar-refractivity contribution < 1.29 is 0 Å². The number of benzene rings is 1. The zero-order chi connectivity index (χ0) is 12.4. The van der Waals surface area contributed by atoms with E-state index < -0.39 is 0 Å². The number of hydrogen-bond donors (Lipinski definition) is 0. The van der Waals surface area contributed by atoms with E-state index in [0.29, 0.717) is 5.92 Å². The Morgan fingerprint density at radius 3 is 2.29 bits per heavy atom. The highest BCUT2D eigenvalue weighted by Crippen LogP contribution is 2.23. The van der Waals surface area contributed by atoms with Crippen molar-refractivity contribution in [2.45, 2.75) is 40.2 Å². The van der Waals surface area contributed by atoms with Gasteiger partial charge < -0.3 is 0 Å². The van der Waals surface area contributed by atoms with Crippen LogP contribution >= 0.6 is 0 Å². The number of nitrogens with zero attached hydrogens (tertiary/aromatic N) is 2. The predicted octanol–water partition coefficient (Wildman–Crippen LogP) is 3.67. The fourth-order valence-corrected chi connectivity index (χ4v) is 2.46. The van der Waals surface area contributed by atoms with Gasteiger partial charge in [-0.15, -0.1) is 0 Å². The van der Waals surface area contributed by atoms with E-state index in [1.165, 1.54) is 16.8 Å². The summed E-state index contributed by atoms with van der Waals surface area (Å²) in [7, 11) is 0. The maximum Gasteiger partial charge on any atom is 0.0662 e. The first-order valence-corrected chi connectivity index (χ1v) is 6.17. The second-order valence-corrected chi connectivity index (χ2v) is 4.88. The smallest absolute Gasteiger partial charge is 0.0662 e. The Kier molecular flexibility index (Phi) is 3.32. The monoisotopic (exact) mass is 228 g/mol. The van der Waals surface area contributed by atoms with Crippen molar-refractivity contribution in [1.82, 2.24) is 9.78 Å². The minimum absolute atomic E-state index is 0.541. The van der Waals surface area contributed by atoms with Gasteiger partial charge in [0.15, 0.2) is 0 Å². The molecular formula is C15H20N2. The molecule has 0 aliphatic rings. The van der Waals surface area contributed by atoms with Crippen LogP contribution in [0.2, 0.25) is 0 Å². The molecule has 17 heavy (non-hydrogen) atoms. The van der Waals surface area contributed by atoms with Gasteiger partial charge in [-0.05, 0) is 30.9 Å². The van der Waals surface area contributed by atoms with Crippen LogP contribution in [0.3, 0.4) is 0 Å². The SMILES string of the molecule is Cc1nn(Cc2ccccc2)c(C)c1C(C)C. The number of rotatable bonds is 3. The quantitative estimate of drug-likeness (QED) is 0.783. The average molecular weight is 228 g/mol. The molecule has 0 unspecified atom stereocenters. The van der Waals surface area contributed by atoms with Crippen molar-refractivity contribution in [3.63, 3.8) is 0 Å². The highest BCUT2D eigenvalue weighted by atomic mass is 15.3.